The van der Waals surface area contributed by atoms with Crippen LogP contribution in [0.4, 0.5) is 0 Å². The molecular weight excluding hydrogens is 342 g/mol. The van der Waals surface area contributed by atoms with Crippen LogP contribution < -0.4 is 0 Å². The zero-order valence-corrected chi connectivity index (χ0v) is 14.7. The van der Waals surface area contributed by atoms with Gasteiger partial charge in [-0.1, -0.05) is 11.6 Å². The monoisotopic (exact) mass is 357 g/mol. The summed E-state index contributed by atoms with van der Waals surface area (Å²) in [4.78, 5) is 11.7. The highest BCUT2D eigenvalue weighted by Crippen LogP contribution is 2.25. The van der Waals surface area contributed by atoms with Crippen molar-refractivity contribution in [3.8, 4) is 5.69 Å². The SMILES string of the molecule is COC(=O)c1ccc(-n2c(C)cc(/C=N\n3cnnc3)c2C)cc1Cl. The maximum atomic E-state index is 11.7. The largest absolute Gasteiger partial charge is 0.465 e. The molecule has 2 aromatic heterocycles. The van der Waals surface area contributed by atoms with Gasteiger partial charge < -0.3 is 9.30 Å². The van der Waals surface area contributed by atoms with Gasteiger partial charge in [0, 0.05) is 22.6 Å². The summed E-state index contributed by atoms with van der Waals surface area (Å²) in [6.45, 7) is 3.98. The normalized spacial score (nSPS) is 11.2. The molecule has 0 fully saturated rings. The molecule has 0 N–H and O–H groups in total. The van der Waals surface area contributed by atoms with E-state index < -0.39 is 5.97 Å². The molecule has 0 bridgehead atoms. The fraction of sp³-hybridized carbons (Fsp3) is 0.176. The summed E-state index contributed by atoms with van der Waals surface area (Å²) < 4.78 is 8.29. The molecule has 0 atom stereocenters. The molecule has 25 heavy (non-hydrogen) atoms. The Bertz CT molecular complexity index is 944. The van der Waals surface area contributed by atoms with Gasteiger partial charge in [-0.05, 0) is 38.1 Å². The summed E-state index contributed by atoms with van der Waals surface area (Å²) in [5, 5.41) is 12.0. The van der Waals surface area contributed by atoms with Crippen molar-refractivity contribution in [2.75, 3.05) is 7.11 Å². The Kier molecular flexibility index (Phi) is 4.67. The lowest BCUT2D eigenvalue weighted by Gasteiger charge is -2.11. The van der Waals surface area contributed by atoms with Crippen LogP contribution in [0.15, 0.2) is 42.0 Å². The van der Waals surface area contributed by atoms with E-state index in [9.17, 15) is 4.79 Å². The summed E-state index contributed by atoms with van der Waals surface area (Å²) in [5.41, 5.74) is 4.17. The predicted octanol–water partition coefficient (Wildman–Crippen LogP) is 3.01. The Morgan fingerprint density at radius 2 is 1.96 bits per heavy atom. The predicted molar refractivity (Wildman–Crippen MR) is 94.6 cm³/mol. The minimum Gasteiger partial charge on any atom is -0.465 e. The van der Waals surface area contributed by atoms with Crippen molar-refractivity contribution in [3.63, 3.8) is 0 Å². The van der Waals surface area contributed by atoms with Gasteiger partial charge in [0.2, 0.25) is 0 Å². The number of esters is 1. The number of carbonyl (C=O) groups is 1. The van der Waals surface area contributed by atoms with Gasteiger partial charge in [0.25, 0.3) is 0 Å². The maximum Gasteiger partial charge on any atom is 0.339 e. The number of nitrogens with zero attached hydrogens (tertiary/aromatic N) is 5. The van der Waals surface area contributed by atoms with E-state index in [0.717, 1.165) is 22.6 Å². The number of aromatic nitrogens is 4. The van der Waals surface area contributed by atoms with Crippen molar-refractivity contribution in [2.45, 2.75) is 13.8 Å². The molecule has 0 unspecified atom stereocenters. The van der Waals surface area contributed by atoms with Gasteiger partial charge in [-0.15, -0.1) is 10.2 Å². The number of benzene rings is 1. The number of halogens is 1. The van der Waals surface area contributed by atoms with Crippen LogP contribution >= 0.6 is 11.6 Å². The number of rotatable bonds is 4. The summed E-state index contributed by atoms with van der Waals surface area (Å²) in [6, 6.07) is 7.26. The Morgan fingerprint density at radius 3 is 2.60 bits per heavy atom. The molecule has 2 heterocycles. The molecule has 3 aromatic rings. The van der Waals surface area contributed by atoms with Gasteiger partial charge in [0.05, 0.1) is 23.9 Å². The maximum absolute atomic E-state index is 11.7. The van der Waals surface area contributed by atoms with Crippen LogP contribution in [0.5, 0.6) is 0 Å². The average molecular weight is 358 g/mol. The van der Waals surface area contributed by atoms with Crippen molar-refractivity contribution >= 4 is 23.8 Å². The van der Waals surface area contributed by atoms with Crippen LogP contribution in [0, 0.1) is 13.8 Å². The minimum atomic E-state index is -0.459. The molecule has 0 aliphatic heterocycles. The number of carbonyl (C=O) groups excluding carboxylic acids is 1. The molecule has 0 aliphatic rings. The van der Waals surface area contributed by atoms with E-state index in [1.807, 2.05) is 30.5 Å². The van der Waals surface area contributed by atoms with Gasteiger partial charge in [0.15, 0.2) is 0 Å². The molecule has 3 rings (SSSR count). The third-order valence-corrected chi connectivity index (χ3v) is 4.14. The van der Waals surface area contributed by atoms with Crippen LogP contribution in [0.25, 0.3) is 5.69 Å². The van der Waals surface area contributed by atoms with Gasteiger partial charge in [-0.2, -0.15) is 5.10 Å². The molecule has 0 aliphatic carbocycles. The number of ether oxygens (including phenoxy) is 1. The van der Waals surface area contributed by atoms with E-state index in [-0.39, 0.29) is 0 Å². The second-order valence-corrected chi connectivity index (χ2v) is 5.81. The van der Waals surface area contributed by atoms with E-state index in [1.54, 1.807) is 18.3 Å². The lowest BCUT2D eigenvalue weighted by atomic mass is 10.2. The summed E-state index contributed by atoms with van der Waals surface area (Å²) in [7, 11) is 1.33. The Morgan fingerprint density at radius 1 is 1.24 bits per heavy atom. The number of hydrogen-bond acceptors (Lipinski definition) is 5. The standard InChI is InChI=1S/C17H16ClN5O2/c1-11-6-13(8-21-22-9-19-20-10-22)12(2)23(11)14-4-5-15(16(18)7-14)17(24)25-3/h4-10H,1-3H3/b21-8-. The van der Waals surface area contributed by atoms with Crippen molar-refractivity contribution in [1.82, 2.24) is 19.4 Å². The van der Waals surface area contributed by atoms with Crippen molar-refractivity contribution in [2.24, 2.45) is 5.10 Å². The fourth-order valence-corrected chi connectivity index (χ4v) is 2.87. The lowest BCUT2D eigenvalue weighted by molar-refractivity contribution is 0.0601. The van der Waals surface area contributed by atoms with Crippen molar-refractivity contribution in [1.29, 1.82) is 0 Å². The quantitative estimate of drug-likeness (QED) is 0.531. The molecule has 0 amide bonds. The highest BCUT2D eigenvalue weighted by Gasteiger charge is 2.14. The summed E-state index contributed by atoms with van der Waals surface area (Å²) in [6.07, 6.45) is 4.77. The van der Waals surface area contributed by atoms with Crippen LogP contribution in [-0.2, 0) is 4.74 Å². The third kappa shape index (κ3) is 3.32. The van der Waals surface area contributed by atoms with Crippen molar-refractivity contribution < 1.29 is 9.53 Å². The van der Waals surface area contributed by atoms with Crippen LogP contribution in [0.3, 0.4) is 0 Å². The van der Waals surface area contributed by atoms with E-state index >= 15 is 0 Å². The lowest BCUT2D eigenvalue weighted by Crippen LogP contribution is -2.04. The molecule has 0 saturated carbocycles. The third-order valence-electron chi connectivity index (χ3n) is 3.82. The summed E-state index contributed by atoms with van der Waals surface area (Å²) in [5.74, 6) is -0.459. The minimum absolute atomic E-state index is 0.338. The first-order valence-electron chi connectivity index (χ1n) is 7.47. The molecule has 0 saturated heterocycles. The Balaban J connectivity index is 1.98. The number of methoxy groups -OCH3 is 1. The van der Waals surface area contributed by atoms with E-state index in [0.29, 0.717) is 10.6 Å². The molecule has 128 valence electrons. The van der Waals surface area contributed by atoms with E-state index in [4.69, 9.17) is 16.3 Å². The van der Waals surface area contributed by atoms with Gasteiger partial charge in [-0.25, -0.2) is 9.47 Å². The van der Waals surface area contributed by atoms with E-state index in [1.165, 1.54) is 24.4 Å². The highest BCUT2D eigenvalue weighted by atomic mass is 35.5. The first kappa shape index (κ1) is 16.9. The van der Waals surface area contributed by atoms with Gasteiger partial charge in [0.1, 0.15) is 12.7 Å². The zero-order valence-electron chi connectivity index (χ0n) is 14.0. The average Bonchev–Trinajstić information content (AvgIpc) is 3.20. The molecule has 1 aromatic carbocycles. The topological polar surface area (TPSA) is 74.3 Å². The number of aryl methyl sites for hydroxylation is 1. The number of hydrogen-bond donors (Lipinski definition) is 0. The van der Waals surface area contributed by atoms with E-state index in [2.05, 4.69) is 15.3 Å². The van der Waals surface area contributed by atoms with Gasteiger partial charge >= 0.3 is 5.97 Å². The Hall–Kier alpha value is -2.93. The molecular formula is C17H16ClN5O2. The van der Waals surface area contributed by atoms with Crippen molar-refractivity contribution in [3.05, 3.63) is 64.5 Å². The molecule has 7 nitrogen and oxygen atoms in total. The second-order valence-electron chi connectivity index (χ2n) is 5.40. The first-order valence-corrected chi connectivity index (χ1v) is 7.85. The van der Waals surface area contributed by atoms with Gasteiger partial charge in [-0.3, -0.25) is 0 Å². The smallest absolute Gasteiger partial charge is 0.339 e. The van der Waals surface area contributed by atoms with Crippen LogP contribution in [0.2, 0.25) is 5.02 Å². The highest BCUT2D eigenvalue weighted by molar-refractivity contribution is 6.33. The molecule has 0 radical (unpaired) electrons. The second kappa shape index (κ2) is 6.90. The fourth-order valence-electron chi connectivity index (χ4n) is 2.62. The Labute approximate surface area is 149 Å². The van der Waals surface area contributed by atoms with Crippen LogP contribution in [0.1, 0.15) is 27.3 Å². The first-order chi connectivity index (χ1) is 12.0. The zero-order chi connectivity index (χ0) is 18.0. The summed E-state index contributed by atoms with van der Waals surface area (Å²) >= 11 is 6.24. The van der Waals surface area contributed by atoms with Crippen LogP contribution in [-0.4, -0.2) is 38.7 Å². The molecule has 8 heteroatoms. The molecule has 0 spiro atoms.